The van der Waals surface area contributed by atoms with Crippen LogP contribution in [0.25, 0.3) is 0 Å². The molecule has 0 bridgehead atoms. The van der Waals surface area contributed by atoms with Crippen molar-refractivity contribution in [3.05, 3.63) is 119 Å². The van der Waals surface area contributed by atoms with Crippen LogP contribution in [0.15, 0.2) is 103 Å². The van der Waals surface area contributed by atoms with Gasteiger partial charge in [-0.2, -0.15) is 0 Å². The third-order valence-electron chi connectivity index (χ3n) is 4.63. The molecular formula is C24H22O2. The highest BCUT2D eigenvalue weighted by molar-refractivity contribution is 5.88. The van der Waals surface area contributed by atoms with Crippen LogP contribution in [0.3, 0.4) is 0 Å². The van der Waals surface area contributed by atoms with Crippen LogP contribution in [0.2, 0.25) is 0 Å². The highest BCUT2D eigenvalue weighted by Crippen LogP contribution is 2.41. The zero-order valence-corrected chi connectivity index (χ0v) is 15.1. The molecule has 0 spiro atoms. The second kappa shape index (κ2) is 7.83. The topological polar surface area (TPSA) is 26.3 Å². The van der Waals surface area contributed by atoms with Crippen molar-refractivity contribution in [3.63, 3.8) is 0 Å². The largest absolute Gasteiger partial charge is 0.466 e. The molecule has 26 heavy (non-hydrogen) atoms. The van der Waals surface area contributed by atoms with Crippen LogP contribution < -0.4 is 0 Å². The maximum Gasteiger partial charge on any atom is 0.333 e. The molecular weight excluding hydrogens is 320 g/mol. The highest BCUT2D eigenvalue weighted by Gasteiger charge is 2.34. The Balaban J connectivity index is 2.38. The van der Waals surface area contributed by atoms with Gasteiger partial charge in [-0.3, -0.25) is 0 Å². The van der Waals surface area contributed by atoms with Gasteiger partial charge in [-0.05, 0) is 23.6 Å². The summed E-state index contributed by atoms with van der Waals surface area (Å²) in [5.41, 5.74) is 3.29. The number of rotatable bonds is 5. The summed E-state index contributed by atoms with van der Waals surface area (Å²) in [5.74, 6) is -0.322. The lowest BCUT2D eigenvalue weighted by molar-refractivity contribution is -0.136. The van der Waals surface area contributed by atoms with Crippen LogP contribution in [-0.2, 0) is 14.9 Å². The summed E-state index contributed by atoms with van der Waals surface area (Å²) >= 11 is 0. The molecule has 3 aromatic rings. The van der Waals surface area contributed by atoms with Crippen molar-refractivity contribution in [3.8, 4) is 0 Å². The van der Waals surface area contributed by atoms with Crippen molar-refractivity contribution in [2.45, 2.75) is 12.3 Å². The van der Waals surface area contributed by atoms with Gasteiger partial charge >= 0.3 is 5.97 Å². The van der Waals surface area contributed by atoms with Crippen molar-refractivity contribution in [1.29, 1.82) is 0 Å². The monoisotopic (exact) mass is 342 g/mol. The first kappa shape index (κ1) is 17.7. The minimum atomic E-state index is -0.581. The molecule has 2 heteroatoms. The number of hydrogen-bond donors (Lipinski definition) is 0. The Morgan fingerprint density at radius 2 is 1.08 bits per heavy atom. The van der Waals surface area contributed by atoms with Crippen molar-refractivity contribution in [2.24, 2.45) is 0 Å². The van der Waals surface area contributed by atoms with E-state index < -0.39 is 5.41 Å². The summed E-state index contributed by atoms with van der Waals surface area (Å²) in [4.78, 5) is 12.2. The minimum absolute atomic E-state index is 0.322. The summed E-state index contributed by atoms with van der Waals surface area (Å²) in [5, 5.41) is 0. The first-order valence-corrected chi connectivity index (χ1v) is 8.63. The van der Waals surface area contributed by atoms with Crippen molar-refractivity contribution in [1.82, 2.24) is 0 Å². The van der Waals surface area contributed by atoms with E-state index in [1.807, 2.05) is 60.7 Å². The number of carbonyl (C=O) groups is 1. The summed E-state index contributed by atoms with van der Waals surface area (Å²) < 4.78 is 4.96. The maximum atomic E-state index is 12.2. The standard InChI is InChI=1S/C24H22O2/c1-19(23(25)26-2)18-24(20-12-6-3-7-13-20,21-14-8-4-9-15-21)22-16-10-5-11-17-22/h3-18H,1-2H3. The van der Waals surface area contributed by atoms with Crippen molar-refractivity contribution < 1.29 is 9.53 Å². The fourth-order valence-electron chi connectivity index (χ4n) is 3.40. The molecule has 0 heterocycles. The van der Waals surface area contributed by atoms with Crippen LogP contribution >= 0.6 is 0 Å². The van der Waals surface area contributed by atoms with E-state index in [4.69, 9.17) is 4.74 Å². The van der Waals surface area contributed by atoms with Gasteiger partial charge in [0.15, 0.2) is 0 Å². The molecule has 0 unspecified atom stereocenters. The third-order valence-corrected chi connectivity index (χ3v) is 4.63. The molecule has 0 aliphatic rings. The molecule has 0 radical (unpaired) electrons. The number of carbonyl (C=O) groups excluding carboxylic acids is 1. The minimum Gasteiger partial charge on any atom is -0.466 e. The predicted octanol–water partition coefficient (Wildman–Crippen LogP) is 5.14. The Morgan fingerprint density at radius 1 is 0.731 bits per heavy atom. The Morgan fingerprint density at radius 3 is 1.38 bits per heavy atom. The molecule has 0 aromatic heterocycles. The SMILES string of the molecule is COC(=O)C(C)=CC(c1ccccc1)(c1ccccc1)c1ccccc1. The van der Waals surface area contributed by atoms with E-state index >= 15 is 0 Å². The third kappa shape index (κ3) is 3.31. The van der Waals surface area contributed by atoms with Gasteiger partial charge in [0.2, 0.25) is 0 Å². The van der Waals surface area contributed by atoms with Crippen LogP contribution in [-0.4, -0.2) is 13.1 Å². The number of hydrogen-bond acceptors (Lipinski definition) is 2. The van der Waals surface area contributed by atoms with Gasteiger partial charge in [0.25, 0.3) is 0 Å². The van der Waals surface area contributed by atoms with Crippen molar-refractivity contribution >= 4 is 5.97 Å². The van der Waals surface area contributed by atoms with Gasteiger partial charge in [-0.15, -0.1) is 0 Å². The zero-order chi connectivity index (χ0) is 18.4. The second-order valence-electron chi connectivity index (χ2n) is 6.23. The lowest BCUT2D eigenvalue weighted by atomic mass is 9.68. The quantitative estimate of drug-likeness (QED) is 0.364. The molecule has 0 saturated heterocycles. The molecule has 0 amide bonds. The lowest BCUT2D eigenvalue weighted by Crippen LogP contribution is -2.28. The molecule has 0 N–H and O–H groups in total. The first-order chi connectivity index (χ1) is 12.7. The van der Waals surface area contributed by atoms with E-state index in [0.717, 1.165) is 16.7 Å². The smallest absolute Gasteiger partial charge is 0.333 e. The molecule has 0 atom stereocenters. The van der Waals surface area contributed by atoms with Gasteiger partial charge in [0, 0.05) is 5.57 Å². The van der Waals surface area contributed by atoms with Gasteiger partial charge in [0.1, 0.15) is 0 Å². The molecule has 2 nitrogen and oxygen atoms in total. The van der Waals surface area contributed by atoms with Gasteiger partial charge in [-0.1, -0.05) is 97.1 Å². The summed E-state index contributed by atoms with van der Waals surface area (Å²) in [6, 6.07) is 30.7. The van der Waals surface area contributed by atoms with E-state index in [9.17, 15) is 4.79 Å². The van der Waals surface area contributed by atoms with E-state index in [-0.39, 0.29) is 5.97 Å². The average Bonchev–Trinajstić information content (AvgIpc) is 2.73. The maximum absolute atomic E-state index is 12.2. The van der Waals surface area contributed by atoms with E-state index in [2.05, 4.69) is 36.4 Å². The number of methoxy groups -OCH3 is 1. The molecule has 0 aliphatic carbocycles. The van der Waals surface area contributed by atoms with Gasteiger partial charge in [-0.25, -0.2) is 4.79 Å². The van der Waals surface area contributed by atoms with Crippen LogP contribution in [0.4, 0.5) is 0 Å². The summed E-state index contributed by atoms with van der Waals surface area (Å²) in [6.45, 7) is 1.80. The average molecular weight is 342 g/mol. The van der Waals surface area contributed by atoms with Crippen molar-refractivity contribution in [2.75, 3.05) is 7.11 Å². The molecule has 3 rings (SSSR count). The Hall–Kier alpha value is -3.13. The predicted molar refractivity (Wildman–Crippen MR) is 105 cm³/mol. The Labute approximate surface area is 154 Å². The highest BCUT2D eigenvalue weighted by atomic mass is 16.5. The fourth-order valence-corrected chi connectivity index (χ4v) is 3.40. The van der Waals surface area contributed by atoms with Crippen LogP contribution in [0.1, 0.15) is 23.6 Å². The zero-order valence-electron chi connectivity index (χ0n) is 15.1. The molecule has 0 saturated carbocycles. The van der Waals surface area contributed by atoms with Gasteiger partial charge < -0.3 is 4.74 Å². The number of allylic oxidation sites excluding steroid dienone is 1. The lowest BCUT2D eigenvalue weighted by Gasteiger charge is -2.33. The Kier molecular flexibility index (Phi) is 5.33. The van der Waals surface area contributed by atoms with E-state index in [1.165, 1.54) is 7.11 Å². The van der Waals surface area contributed by atoms with E-state index in [1.54, 1.807) is 6.92 Å². The molecule has 130 valence electrons. The fraction of sp³-hybridized carbons (Fsp3) is 0.125. The second-order valence-corrected chi connectivity index (χ2v) is 6.23. The molecule has 0 aliphatic heterocycles. The molecule has 3 aromatic carbocycles. The summed E-state index contributed by atoms with van der Waals surface area (Å²) in [6.07, 6.45) is 2.01. The van der Waals surface area contributed by atoms with Gasteiger partial charge in [0.05, 0.1) is 12.5 Å². The van der Waals surface area contributed by atoms with E-state index in [0.29, 0.717) is 5.57 Å². The number of esters is 1. The summed E-state index contributed by atoms with van der Waals surface area (Å²) in [7, 11) is 1.41. The normalized spacial score (nSPS) is 11.8. The Bertz CT molecular complexity index is 785. The first-order valence-electron chi connectivity index (χ1n) is 8.63. The number of benzene rings is 3. The van der Waals surface area contributed by atoms with Crippen LogP contribution in [0, 0.1) is 0 Å². The molecule has 0 fully saturated rings. The van der Waals surface area contributed by atoms with Crippen LogP contribution in [0.5, 0.6) is 0 Å². The number of ether oxygens (including phenoxy) is 1.